The Hall–Kier alpha value is -2.01. The van der Waals surface area contributed by atoms with Crippen LogP contribution in [0.2, 0.25) is 10.0 Å². The van der Waals surface area contributed by atoms with Crippen molar-refractivity contribution in [2.75, 3.05) is 13.7 Å². The molecule has 4 nitrogen and oxygen atoms in total. The van der Waals surface area contributed by atoms with E-state index in [1.807, 2.05) is 31.2 Å². The molecule has 136 valence electrons. The third-order valence-electron chi connectivity index (χ3n) is 4.51. The summed E-state index contributed by atoms with van der Waals surface area (Å²) in [5, 5.41) is 1.13. The molecule has 0 atom stereocenters. The predicted molar refractivity (Wildman–Crippen MR) is 105 cm³/mol. The summed E-state index contributed by atoms with van der Waals surface area (Å²) in [7, 11) is 1.54. The van der Waals surface area contributed by atoms with Gasteiger partial charge in [-0.1, -0.05) is 53.5 Å². The minimum Gasteiger partial charge on any atom is -0.334 e. The highest BCUT2D eigenvalue weighted by atomic mass is 35.5. The van der Waals surface area contributed by atoms with Crippen LogP contribution in [-0.4, -0.2) is 24.5 Å². The summed E-state index contributed by atoms with van der Waals surface area (Å²) in [6.45, 7) is 3.00. The Balaban J connectivity index is 1.93. The number of nitrogens with one attached hydrogen (secondary N) is 1. The number of nitrogens with zero attached hydrogens (tertiary/aromatic N) is 1. The van der Waals surface area contributed by atoms with E-state index in [4.69, 9.17) is 28.0 Å². The van der Waals surface area contributed by atoms with Gasteiger partial charge in [0, 0.05) is 39.8 Å². The molecule has 0 aliphatic carbocycles. The highest BCUT2D eigenvalue weighted by Crippen LogP contribution is 2.31. The lowest BCUT2D eigenvalue weighted by atomic mass is 10.0. The second kappa shape index (κ2) is 8.12. The summed E-state index contributed by atoms with van der Waals surface area (Å²) in [5.41, 5.74) is 7.10. The maximum Gasteiger partial charge on any atom is 0.252 e. The maximum atomic E-state index is 13.0. The van der Waals surface area contributed by atoms with E-state index in [9.17, 15) is 4.79 Å². The summed E-state index contributed by atoms with van der Waals surface area (Å²) in [4.78, 5) is 19.9. The average molecular weight is 391 g/mol. The van der Waals surface area contributed by atoms with Crippen molar-refractivity contribution < 1.29 is 9.63 Å². The van der Waals surface area contributed by atoms with Gasteiger partial charge in [-0.2, -0.15) is 0 Å². The number of likely N-dealkylation sites (tertiary alicyclic amines) is 1. The van der Waals surface area contributed by atoms with Gasteiger partial charge in [0.05, 0.1) is 12.8 Å². The lowest BCUT2D eigenvalue weighted by molar-refractivity contribution is -0.125. The highest BCUT2D eigenvalue weighted by molar-refractivity contribution is 6.36. The van der Waals surface area contributed by atoms with Gasteiger partial charge in [-0.05, 0) is 31.0 Å². The molecule has 1 heterocycles. The van der Waals surface area contributed by atoms with Gasteiger partial charge in [-0.3, -0.25) is 15.1 Å². The van der Waals surface area contributed by atoms with Gasteiger partial charge in [-0.25, -0.2) is 0 Å². The largest absolute Gasteiger partial charge is 0.334 e. The first kappa shape index (κ1) is 18.8. The Kier molecular flexibility index (Phi) is 5.87. The number of benzene rings is 2. The molecule has 1 amide bonds. The van der Waals surface area contributed by atoms with Crippen molar-refractivity contribution in [1.29, 1.82) is 0 Å². The fraction of sp³-hybridized carbons (Fsp3) is 0.250. The van der Waals surface area contributed by atoms with Crippen molar-refractivity contribution >= 4 is 34.8 Å². The summed E-state index contributed by atoms with van der Waals surface area (Å²) in [6.07, 6.45) is 0.626. The standard InChI is InChI=1S/C20H20Cl2N2O2/c1-13-6-3-4-7-14(13)19(23-26-2)15-10-11-24(20(15)25)12-16-17(21)8-5-9-18(16)22/h3-9,23H,10-12H2,1-2H3. The van der Waals surface area contributed by atoms with Crippen molar-refractivity contribution in [3.05, 3.63) is 74.8 Å². The van der Waals surface area contributed by atoms with E-state index in [-0.39, 0.29) is 5.91 Å². The fourth-order valence-electron chi connectivity index (χ4n) is 3.14. The smallest absolute Gasteiger partial charge is 0.252 e. The van der Waals surface area contributed by atoms with Crippen LogP contribution in [0.3, 0.4) is 0 Å². The van der Waals surface area contributed by atoms with Gasteiger partial charge >= 0.3 is 0 Å². The zero-order valence-electron chi connectivity index (χ0n) is 14.7. The second-order valence-corrected chi connectivity index (χ2v) is 6.97. The number of carbonyl (C=O) groups is 1. The first-order chi connectivity index (χ1) is 12.5. The Labute approximate surface area is 163 Å². The summed E-state index contributed by atoms with van der Waals surface area (Å²) >= 11 is 12.5. The molecule has 2 aromatic carbocycles. The number of hydroxylamine groups is 1. The van der Waals surface area contributed by atoms with E-state index in [0.29, 0.717) is 40.8 Å². The van der Waals surface area contributed by atoms with Crippen LogP contribution in [-0.2, 0) is 16.2 Å². The van der Waals surface area contributed by atoms with Crippen LogP contribution in [0.15, 0.2) is 48.0 Å². The van der Waals surface area contributed by atoms with Crippen molar-refractivity contribution in [3.8, 4) is 0 Å². The number of amides is 1. The molecule has 0 radical (unpaired) electrons. The minimum atomic E-state index is -0.0382. The average Bonchev–Trinajstić information content (AvgIpc) is 2.97. The van der Waals surface area contributed by atoms with Crippen LogP contribution in [0, 0.1) is 6.92 Å². The molecule has 26 heavy (non-hydrogen) atoms. The normalized spacial score (nSPS) is 16.2. The Morgan fingerprint density at radius 1 is 1.15 bits per heavy atom. The predicted octanol–water partition coefficient (Wildman–Crippen LogP) is 4.60. The summed E-state index contributed by atoms with van der Waals surface area (Å²) < 4.78 is 0. The van der Waals surface area contributed by atoms with Crippen molar-refractivity contribution in [2.45, 2.75) is 19.9 Å². The van der Waals surface area contributed by atoms with Crippen molar-refractivity contribution in [2.24, 2.45) is 0 Å². The molecule has 3 rings (SSSR count). The zero-order valence-corrected chi connectivity index (χ0v) is 16.2. The van der Waals surface area contributed by atoms with E-state index in [0.717, 1.165) is 16.7 Å². The first-order valence-corrected chi connectivity index (χ1v) is 9.08. The molecule has 1 aliphatic heterocycles. The van der Waals surface area contributed by atoms with E-state index >= 15 is 0 Å². The van der Waals surface area contributed by atoms with E-state index < -0.39 is 0 Å². The summed E-state index contributed by atoms with van der Waals surface area (Å²) in [5.74, 6) is -0.0382. The van der Waals surface area contributed by atoms with Crippen LogP contribution < -0.4 is 5.48 Å². The Morgan fingerprint density at radius 3 is 2.50 bits per heavy atom. The third kappa shape index (κ3) is 3.73. The third-order valence-corrected chi connectivity index (χ3v) is 5.22. The lowest BCUT2D eigenvalue weighted by Gasteiger charge is -2.18. The molecule has 1 N–H and O–H groups in total. The highest BCUT2D eigenvalue weighted by Gasteiger charge is 2.30. The molecule has 2 aromatic rings. The number of carbonyl (C=O) groups excluding carboxylic acids is 1. The monoisotopic (exact) mass is 390 g/mol. The molecule has 6 heteroatoms. The number of hydrogen-bond donors (Lipinski definition) is 1. The SMILES string of the molecule is CONC(=C1CCN(Cc2c(Cl)cccc2Cl)C1=O)c1ccccc1C. The fourth-order valence-corrected chi connectivity index (χ4v) is 3.65. The van der Waals surface area contributed by atoms with Gasteiger partial charge in [0.1, 0.15) is 0 Å². The van der Waals surface area contributed by atoms with E-state index in [2.05, 4.69) is 5.48 Å². The minimum absolute atomic E-state index is 0.0382. The second-order valence-electron chi connectivity index (χ2n) is 6.15. The lowest BCUT2D eigenvalue weighted by Crippen LogP contribution is -2.26. The van der Waals surface area contributed by atoms with E-state index in [1.54, 1.807) is 30.2 Å². The topological polar surface area (TPSA) is 41.6 Å². The first-order valence-electron chi connectivity index (χ1n) is 8.33. The maximum absolute atomic E-state index is 13.0. The number of aryl methyl sites for hydroxylation is 1. The zero-order chi connectivity index (χ0) is 18.7. The molecule has 1 saturated heterocycles. The van der Waals surface area contributed by atoms with Crippen LogP contribution in [0.4, 0.5) is 0 Å². The van der Waals surface area contributed by atoms with Crippen LogP contribution >= 0.6 is 23.2 Å². The van der Waals surface area contributed by atoms with Crippen molar-refractivity contribution in [1.82, 2.24) is 10.4 Å². The van der Waals surface area contributed by atoms with Crippen LogP contribution in [0.1, 0.15) is 23.1 Å². The molecule has 1 fully saturated rings. The van der Waals surface area contributed by atoms with Gasteiger partial charge in [-0.15, -0.1) is 0 Å². The Bertz CT molecular complexity index is 844. The van der Waals surface area contributed by atoms with Gasteiger partial charge in [0.2, 0.25) is 0 Å². The van der Waals surface area contributed by atoms with Crippen LogP contribution in [0.5, 0.6) is 0 Å². The molecule has 0 bridgehead atoms. The molecule has 0 saturated carbocycles. The quantitative estimate of drug-likeness (QED) is 0.599. The molecule has 0 unspecified atom stereocenters. The molecular weight excluding hydrogens is 371 g/mol. The number of halogens is 2. The van der Waals surface area contributed by atoms with Gasteiger partial charge < -0.3 is 4.90 Å². The summed E-state index contributed by atoms with van der Waals surface area (Å²) in [6, 6.07) is 13.3. The van der Waals surface area contributed by atoms with Gasteiger partial charge in [0.15, 0.2) is 0 Å². The molecule has 0 spiro atoms. The van der Waals surface area contributed by atoms with Gasteiger partial charge in [0.25, 0.3) is 5.91 Å². The van der Waals surface area contributed by atoms with E-state index in [1.165, 1.54) is 0 Å². The Morgan fingerprint density at radius 2 is 1.85 bits per heavy atom. The van der Waals surface area contributed by atoms with Crippen molar-refractivity contribution in [3.63, 3.8) is 0 Å². The van der Waals surface area contributed by atoms with Crippen LogP contribution in [0.25, 0.3) is 5.70 Å². The molecule has 0 aromatic heterocycles. The molecular formula is C20H20Cl2N2O2. The number of hydrogen-bond acceptors (Lipinski definition) is 3. The molecule has 1 aliphatic rings. The number of rotatable bonds is 5.